The Morgan fingerprint density at radius 1 is 0.800 bits per heavy atom. The highest BCUT2D eigenvalue weighted by atomic mass is 16.4. The Labute approximate surface area is 184 Å². The van der Waals surface area contributed by atoms with E-state index in [0.717, 1.165) is 12.8 Å². The lowest BCUT2D eigenvalue weighted by atomic mass is 9.93. The number of carboxylic acids is 1. The molecule has 0 aromatic rings. The first-order chi connectivity index (χ1) is 14.2. The van der Waals surface area contributed by atoms with Crippen LogP contribution in [0, 0.1) is 5.92 Å². The van der Waals surface area contributed by atoms with E-state index in [1.807, 2.05) is 27.2 Å². The highest BCUT2D eigenvalue weighted by Crippen LogP contribution is 2.14. The number of aliphatic hydroxyl groups is 1. The van der Waals surface area contributed by atoms with Crippen molar-refractivity contribution in [3.05, 3.63) is 24.3 Å². The highest BCUT2D eigenvalue weighted by molar-refractivity contribution is 5.98. The van der Waals surface area contributed by atoms with Crippen molar-refractivity contribution < 1.29 is 24.3 Å². The van der Waals surface area contributed by atoms with Crippen molar-refractivity contribution in [2.24, 2.45) is 5.92 Å². The number of allylic oxidation sites excluding steroid dienone is 4. The average Bonchev–Trinajstić information content (AvgIpc) is 2.63. The van der Waals surface area contributed by atoms with Gasteiger partial charge in [-0.2, -0.15) is 0 Å². The fourth-order valence-electron chi connectivity index (χ4n) is 3.43. The molecule has 0 aromatic heterocycles. The lowest BCUT2D eigenvalue weighted by molar-refractivity contribution is -0.873. The maximum absolute atomic E-state index is 12.3. The van der Waals surface area contributed by atoms with Crippen LogP contribution in [-0.2, 0) is 9.59 Å². The highest BCUT2D eigenvalue weighted by Gasteiger charge is 2.35. The largest absolute Gasteiger partial charge is 0.481 e. The number of rotatable bonds is 19. The normalized spacial score (nSPS) is 14.4. The van der Waals surface area contributed by atoms with Crippen molar-refractivity contribution in [2.75, 3.05) is 27.7 Å². The molecule has 0 saturated heterocycles. The summed E-state index contributed by atoms with van der Waals surface area (Å²) in [5.41, 5.74) is 0. The molecule has 0 aliphatic carbocycles. The molecule has 174 valence electrons. The van der Waals surface area contributed by atoms with Gasteiger partial charge in [-0.05, 0) is 44.9 Å². The molecule has 0 aliphatic rings. The minimum Gasteiger partial charge on any atom is -0.481 e. The van der Waals surface area contributed by atoms with Crippen LogP contribution in [0.4, 0.5) is 0 Å². The number of hydrogen-bond donors (Lipinski definition) is 2. The zero-order valence-corrected chi connectivity index (χ0v) is 19.8. The van der Waals surface area contributed by atoms with Gasteiger partial charge < -0.3 is 14.7 Å². The van der Waals surface area contributed by atoms with Gasteiger partial charge in [0.05, 0.1) is 21.1 Å². The van der Waals surface area contributed by atoms with Crippen LogP contribution >= 0.6 is 0 Å². The molecule has 5 heteroatoms. The number of carbonyl (C=O) groups is 2. The topological polar surface area (TPSA) is 74.6 Å². The third kappa shape index (κ3) is 16.3. The number of likely N-dealkylation sites (N-methyl/N-ethyl adjacent to an activating group) is 1. The predicted molar refractivity (Wildman–Crippen MR) is 124 cm³/mol. The number of carbonyl (C=O) groups excluding carboxylic acids is 1. The number of unbranched alkanes of at least 4 members (excludes halogenated alkanes) is 8. The number of hydrogen-bond acceptors (Lipinski definition) is 3. The van der Waals surface area contributed by atoms with Gasteiger partial charge >= 0.3 is 5.97 Å². The van der Waals surface area contributed by atoms with Crippen molar-refractivity contribution in [1.29, 1.82) is 0 Å². The van der Waals surface area contributed by atoms with E-state index in [9.17, 15) is 19.8 Å². The van der Waals surface area contributed by atoms with Crippen LogP contribution in [0.3, 0.4) is 0 Å². The molecule has 0 radical (unpaired) electrons. The summed E-state index contributed by atoms with van der Waals surface area (Å²) < 4.78 is 0.410. The van der Waals surface area contributed by atoms with E-state index in [2.05, 4.69) is 25.2 Å². The van der Waals surface area contributed by atoms with Gasteiger partial charge in [0.1, 0.15) is 24.3 Å². The molecule has 0 bridgehead atoms. The fourth-order valence-corrected chi connectivity index (χ4v) is 3.43. The number of nitrogens with zero attached hydrogens (tertiary/aromatic N) is 1. The first-order valence-electron chi connectivity index (χ1n) is 11.7. The number of carboxylic acid groups (broad SMARTS) is 1. The van der Waals surface area contributed by atoms with Crippen LogP contribution in [0.5, 0.6) is 0 Å². The Bertz CT molecular complexity index is 520. The summed E-state index contributed by atoms with van der Waals surface area (Å²) in [4.78, 5) is 23.7. The quantitative estimate of drug-likeness (QED) is 0.130. The van der Waals surface area contributed by atoms with Gasteiger partial charge in [0.15, 0.2) is 0 Å². The molecule has 0 spiro atoms. The van der Waals surface area contributed by atoms with Crippen LogP contribution in [-0.4, -0.2) is 60.2 Å². The zero-order chi connectivity index (χ0) is 22.8. The molecule has 30 heavy (non-hydrogen) atoms. The summed E-state index contributed by atoms with van der Waals surface area (Å²) in [5.74, 6) is -2.96. The third-order valence-corrected chi connectivity index (χ3v) is 5.09. The van der Waals surface area contributed by atoms with E-state index in [4.69, 9.17) is 0 Å². The molecule has 5 nitrogen and oxygen atoms in total. The molecule has 0 aliphatic heterocycles. The van der Waals surface area contributed by atoms with Gasteiger partial charge in [0, 0.05) is 6.42 Å². The monoisotopic (exact) mass is 424 g/mol. The summed E-state index contributed by atoms with van der Waals surface area (Å²) in [7, 11) is 5.59. The van der Waals surface area contributed by atoms with Crippen LogP contribution in [0.2, 0.25) is 0 Å². The lowest BCUT2D eigenvalue weighted by Crippen LogP contribution is -2.47. The molecule has 0 heterocycles. The fraction of sp³-hybridized carbons (Fsp3) is 0.760. The molecule has 0 saturated carbocycles. The molecule has 0 amide bonds. The van der Waals surface area contributed by atoms with Crippen LogP contribution in [0.1, 0.15) is 84.0 Å². The molecular weight excluding hydrogens is 378 g/mol. The van der Waals surface area contributed by atoms with Gasteiger partial charge in [-0.15, -0.1) is 0 Å². The number of aliphatic carboxylic acids is 1. The van der Waals surface area contributed by atoms with Crippen molar-refractivity contribution in [3.8, 4) is 0 Å². The van der Waals surface area contributed by atoms with E-state index in [1.54, 1.807) is 0 Å². The standard InChI is InChI=1S/C25H45NO4/c1-5-6-7-8-9-10-11-12-13-14-15-16-17-18-19-20-22(27)24(25(29)30)23(28)21-26(2,3)4/h9-10,17-18,23-24,28H,5-8,11-16,19-21H2,1-4H3/p+1/b10-9+,18-17+. The minimum absolute atomic E-state index is 0.159. The summed E-state index contributed by atoms with van der Waals surface area (Å²) in [6, 6.07) is 0. The van der Waals surface area contributed by atoms with E-state index in [0.29, 0.717) is 10.9 Å². The zero-order valence-electron chi connectivity index (χ0n) is 19.8. The maximum atomic E-state index is 12.3. The summed E-state index contributed by atoms with van der Waals surface area (Å²) in [6.45, 7) is 2.46. The second-order valence-corrected chi connectivity index (χ2v) is 9.29. The second-order valence-electron chi connectivity index (χ2n) is 9.29. The number of quaternary nitrogens is 1. The molecule has 2 unspecified atom stereocenters. The van der Waals surface area contributed by atoms with Crippen molar-refractivity contribution in [1.82, 2.24) is 0 Å². The van der Waals surface area contributed by atoms with Crippen molar-refractivity contribution >= 4 is 11.8 Å². The minimum atomic E-state index is -1.34. The third-order valence-electron chi connectivity index (χ3n) is 5.09. The van der Waals surface area contributed by atoms with Gasteiger partial charge in [0.2, 0.25) is 0 Å². The van der Waals surface area contributed by atoms with E-state index >= 15 is 0 Å². The summed E-state index contributed by atoms with van der Waals surface area (Å²) >= 11 is 0. The number of Topliss-reactive ketones (excluding diaryl/α,β-unsaturated/α-hetero) is 1. The molecule has 0 fully saturated rings. The van der Waals surface area contributed by atoms with E-state index < -0.39 is 23.8 Å². The molecule has 2 atom stereocenters. The SMILES string of the molecule is CCCCC/C=C/CCCCCC/C=C/CCC(=O)C(C(=O)O)C(O)C[N+](C)(C)C. The van der Waals surface area contributed by atoms with Gasteiger partial charge in [-0.3, -0.25) is 9.59 Å². The molecule has 0 aromatic carbocycles. The van der Waals surface area contributed by atoms with Crippen molar-refractivity contribution in [2.45, 2.75) is 90.1 Å². The Kier molecular flexibility index (Phi) is 16.4. The molecular formula is C25H46NO4+. The Morgan fingerprint density at radius 3 is 1.70 bits per heavy atom. The summed E-state index contributed by atoms with van der Waals surface area (Å²) in [5, 5.41) is 19.5. The predicted octanol–water partition coefficient (Wildman–Crippen LogP) is 5.14. The average molecular weight is 425 g/mol. The van der Waals surface area contributed by atoms with Gasteiger partial charge in [-0.1, -0.05) is 56.9 Å². The first kappa shape index (κ1) is 28.5. The molecule has 0 rings (SSSR count). The van der Waals surface area contributed by atoms with Gasteiger partial charge in [0.25, 0.3) is 0 Å². The number of aliphatic hydroxyl groups excluding tert-OH is 1. The van der Waals surface area contributed by atoms with Crippen LogP contribution < -0.4 is 0 Å². The van der Waals surface area contributed by atoms with E-state index in [-0.39, 0.29) is 13.0 Å². The van der Waals surface area contributed by atoms with Crippen LogP contribution in [0.15, 0.2) is 24.3 Å². The molecule has 2 N–H and O–H groups in total. The first-order valence-corrected chi connectivity index (χ1v) is 11.7. The second kappa shape index (κ2) is 17.2. The Hall–Kier alpha value is -1.46. The van der Waals surface area contributed by atoms with E-state index in [1.165, 1.54) is 51.4 Å². The van der Waals surface area contributed by atoms with Crippen LogP contribution in [0.25, 0.3) is 0 Å². The Balaban J connectivity index is 3.88. The van der Waals surface area contributed by atoms with Crippen molar-refractivity contribution in [3.63, 3.8) is 0 Å². The van der Waals surface area contributed by atoms with Gasteiger partial charge in [-0.25, -0.2) is 0 Å². The lowest BCUT2D eigenvalue weighted by Gasteiger charge is -2.28. The maximum Gasteiger partial charge on any atom is 0.316 e. The smallest absolute Gasteiger partial charge is 0.316 e. The summed E-state index contributed by atoms with van der Waals surface area (Å²) in [6.07, 6.45) is 20.3. The Morgan fingerprint density at radius 2 is 1.27 bits per heavy atom. The number of ketones is 1.